The van der Waals surface area contributed by atoms with Crippen LogP contribution in [0.5, 0.6) is 5.88 Å². The molecule has 0 radical (unpaired) electrons. The number of hydrogen-bond donors (Lipinski definition) is 0. The highest BCUT2D eigenvalue weighted by molar-refractivity contribution is 6.42. The lowest BCUT2D eigenvalue weighted by Gasteiger charge is -2.48. The average Bonchev–Trinajstić information content (AvgIpc) is 2.61. The second kappa shape index (κ2) is 6.51. The quantitative estimate of drug-likeness (QED) is 0.814. The van der Waals surface area contributed by atoms with Crippen LogP contribution in [0, 0.1) is 5.92 Å². The SMILES string of the molecule is C[C@H]1[C@H](Oc2ccc(-c3ccc(Cl)c(Cl)c3)nn2)C2CCN1CC2. The van der Waals surface area contributed by atoms with E-state index in [-0.39, 0.29) is 6.10 Å². The molecule has 3 aliphatic rings. The van der Waals surface area contributed by atoms with Crippen LogP contribution in [0.2, 0.25) is 10.0 Å². The zero-order valence-corrected chi connectivity index (χ0v) is 15.0. The van der Waals surface area contributed by atoms with E-state index in [1.165, 1.54) is 25.9 Å². The highest BCUT2D eigenvalue weighted by Gasteiger charge is 2.41. The summed E-state index contributed by atoms with van der Waals surface area (Å²) >= 11 is 12.0. The number of halogens is 2. The van der Waals surface area contributed by atoms with Crippen LogP contribution in [-0.4, -0.2) is 40.3 Å². The summed E-state index contributed by atoms with van der Waals surface area (Å²) in [6.07, 6.45) is 2.63. The van der Waals surface area contributed by atoms with Gasteiger partial charge in [-0.25, -0.2) is 0 Å². The van der Waals surface area contributed by atoms with Gasteiger partial charge in [0.1, 0.15) is 6.10 Å². The van der Waals surface area contributed by atoms with Gasteiger partial charge in [-0.05, 0) is 57.0 Å². The molecule has 3 saturated heterocycles. The molecule has 0 amide bonds. The first-order chi connectivity index (χ1) is 11.6. The van der Waals surface area contributed by atoms with E-state index in [2.05, 4.69) is 22.0 Å². The standard InChI is InChI=1S/C18H19Cl2N3O/c1-11-18(12-6-8-23(11)9-7-12)24-17-5-4-16(21-22-17)13-2-3-14(19)15(20)10-13/h2-5,10-12,18H,6-9H2,1H3/t11-,18-/m0/s1. The van der Waals surface area contributed by atoms with Gasteiger partial charge < -0.3 is 4.74 Å². The van der Waals surface area contributed by atoms with Crippen molar-refractivity contribution in [2.24, 2.45) is 5.92 Å². The molecule has 0 saturated carbocycles. The number of hydrogen-bond acceptors (Lipinski definition) is 4. The van der Waals surface area contributed by atoms with Gasteiger partial charge in [0, 0.05) is 17.7 Å². The van der Waals surface area contributed by atoms with E-state index in [1.54, 1.807) is 12.1 Å². The van der Waals surface area contributed by atoms with E-state index in [0.717, 1.165) is 11.3 Å². The molecule has 0 aliphatic carbocycles. The van der Waals surface area contributed by atoms with Crippen LogP contribution in [0.25, 0.3) is 11.3 Å². The van der Waals surface area contributed by atoms with E-state index < -0.39 is 0 Å². The van der Waals surface area contributed by atoms with Crippen LogP contribution in [0.1, 0.15) is 19.8 Å². The van der Waals surface area contributed by atoms with Gasteiger partial charge in [-0.15, -0.1) is 10.2 Å². The van der Waals surface area contributed by atoms with Gasteiger partial charge in [-0.2, -0.15) is 0 Å². The number of fused-ring (bicyclic) bond motifs is 3. The minimum atomic E-state index is 0.206. The maximum atomic E-state index is 6.17. The number of rotatable bonds is 3. The molecular formula is C18H19Cl2N3O. The monoisotopic (exact) mass is 363 g/mol. The van der Waals surface area contributed by atoms with Crippen molar-refractivity contribution in [1.82, 2.24) is 15.1 Å². The molecule has 2 bridgehead atoms. The van der Waals surface area contributed by atoms with Gasteiger partial charge in [0.25, 0.3) is 0 Å². The smallest absolute Gasteiger partial charge is 0.233 e. The third-order valence-corrected chi connectivity index (χ3v) is 5.94. The van der Waals surface area contributed by atoms with Crippen LogP contribution in [-0.2, 0) is 0 Å². The van der Waals surface area contributed by atoms with Crippen molar-refractivity contribution in [3.8, 4) is 17.1 Å². The third kappa shape index (κ3) is 2.99. The normalized spacial score (nSPS) is 28.8. The van der Waals surface area contributed by atoms with Gasteiger partial charge in [0.2, 0.25) is 5.88 Å². The Morgan fingerprint density at radius 1 is 1.04 bits per heavy atom. The molecule has 0 N–H and O–H groups in total. The Hall–Kier alpha value is -1.36. The Morgan fingerprint density at radius 3 is 2.46 bits per heavy atom. The number of aromatic nitrogens is 2. The van der Waals surface area contributed by atoms with E-state index >= 15 is 0 Å². The minimum Gasteiger partial charge on any atom is -0.471 e. The molecule has 2 atom stereocenters. The number of nitrogens with zero attached hydrogens (tertiary/aromatic N) is 3. The molecule has 3 fully saturated rings. The Morgan fingerprint density at radius 2 is 1.83 bits per heavy atom. The van der Waals surface area contributed by atoms with Crippen molar-refractivity contribution in [3.63, 3.8) is 0 Å². The first-order valence-corrected chi connectivity index (χ1v) is 9.07. The van der Waals surface area contributed by atoms with Gasteiger partial charge >= 0.3 is 0 Å². The van der Waals surface area contributed by atoms with Gasteiger partial charge in [0.15, 0.2) is 0 Å². The largest absolute Gasteiger partial charge is 0.471 e. The zero-order chi connectivity index (χ0) is 16.7. The summed E-state index contributed by atoms with van der Waals surface area (Å²) in [5.41, 5.74) is 1.64. The molecule has 1 aromatic carbocycles. The highest BCUT2D eigenvalue weighted by atomic mass is 35.5. The summed E-state index contributed by atoms with van der Waals surface area (Å²) in [5, 5.41) is 9.58. The molecule has 2 aromatic rings. The van der Waals surface area contributed by atoms with Crippen LogP contribution >= 0.6 is 23.2 Å². The van der Waals surface area contributed by atoms with E-state index in [0.29, 0.717) is 27.9 Å². The van der Waals surface area contributed by atoms with Crippen LogP contribution in [0.15, 0.2) is 30.3 Å². The molecule has 4 nitrogen and oxygen atoms in total. The van der Waals surface area contributed by atoms with Crippen LogP contribution in [0.4, 0.5) is 0 Å². The van der Waals surface area contributed by atoms with Crippen molar-refractivity contribution in [3.05, 3.63) is 40.4 Å². The third-order valence-electron chi connectivity index (χ3n) is 5.20. The zero-order valence-electron chi connectivity index (χ0n) is 13.5. The van der Waals surface area contributed by atoms with Gasteiger partial charge in [-0.1, -0.05) is 29.3 Å². The lowest BCUT2D eigenvalue weighted by atomic mass is 9.81. The number of piperidine rings is 3. The summed E-state index contributed by atoms with van der Waals surface area (Å²) in [6.45, 7) is 4.62. The van der Waals surface area contributed by atoms with E-state index in [4.69, 9.17) is 27.9 Å². The fourth-order valence-electron chi connectivity index (χ4n) is 3.78. The molecule has 1 aromatic heterocycles. The van der Waals surface area contributed by atoms with Crippen molar-refractivity contribution in [2.45, 2.75) is 31.9 Å². The molecule has 3 aliphatic heterocycles. The fraction of sp³-hybridized carbons (Fsp3) is 0.444. The first kappa shape index (κ1) is 16.1. The summed E-state index contributed by atoms with van der Waals surface area (Å²) in [4.78, 5) is 2.50. The molecule has 0 unspecified atom stereocenters. The van der Waals surface area contributed by atoms with Crippen molar-refractivity contribution >= 4 is 23.2 Å². The number of ether oxygens (including phenoxy) is 1. The predicted molar refractivity (Wildman–Crippen MR) is 95.7 cm³/mol. The Labute approximate surface area is 151 Å². The van der Waals surface area contributed by atoms with Crippen LogP contribution in [0.3, 0.4) is 0 Å². The van der Waals surface area contributed by atoms with E-state index in [1.807, 2.05) is 18.2 Å². The Bertz CT molecular complexity index is 728. The highest BCUT2D eigenvalue weighted by Crippen LogP contribution is 2.34. The lowest BCUT2D eigenvalue weighted by Crippen LogP contribution is -2.58. The summed E-state index contributed by atoms with van der Waals surface area (Å²) in [6, 6.07) is 9.68. The summed E-state index contributed by atoms with van der Waals surface area (Å²) < 4.78 is 6.17. The van der Waals surface area contributed by atoms with Crippen molar-refractivity contribution < 1.29 is 4.74 Å². The first-order valence-electron chi connectivity index (χ1n) is 8.31. The molecule has 5 rings (SSSR count). The molecule has 6 heteroatoms. The molecule has 126 valence electrons. The molecule has 4 heterocycles. The second-order valence-corrected chi connectivity index (χ2v) is 7.40. The maximum Gasteiger partial charge on any atom is 0.233 e. The second-order valence-electron chi connectivity index (χ2n) is 6.58. The molecule has 0 spiro atoms. The minimum absolute atomic E-state index is 0.206. The predicted octanol–water partition coefficient (Wildman–Crippen LogP) is 4.31. The molecular weight excluding hydrogens is 345 g/mol. The Kier molecular flexibility index (Phi) is 4.37. The van der Waals surface area contributed by atoms with E-state index in [9.17, 15) is 0 Å². The van der Waals surface area contributed by atoms with Gasteiger partial charge in [0.05, 0.1) is 15.7 Å². The van der Waals surface area contributed by atoms with Gasteiger partial charge in [-0.3, -0.25) is 4.90 Å². The maximum absolute atomic E-state index is 6.17. The van der Waals surface area contributed by atoms with Crippen molar-refractivity contribution in [1.29, 1.82) is 0 Å². The molecule has 24 heavy (non-hydrogen) atoms. The fourth-order valence-corrected chi connectivity index (χ4v) is 4.08. The van der Waals surface area contributed by atoms with Crippen molar-refractivity contribution in [2.75, 3.05) is 13.1 Å². The number of benzene rings is 1. The average molecular weight is 364 g/mol. The topological polar surface area (TPSA) is 38.3 Å². The lowest BCUT2D eigenvalue weighted by molar-refractivity contribution is -0.0528. The summed E-state index contributed by atoms with van der Waals surface area (Å²) in [5.74, 6) is 1.21. The summed E-state index contributed by atoms with van der Waals surface area (Å²) in [7, 11) is 0. The van der Waals surface area contributed by atoms with Crippen LogP contribution < -0.4 is 4.74 Å². The Balaban J connectivity index is 1.50.